The molecule has 1 aromatic rings. The van der Waals surface area contributed by atoms with Crippen LogP contribution in [0.3, 0.4) is 0 Å². The summed E-state index contributed by atoms with van der Waals surface area (Å²) >= 11 is 3.33. The Bertz CT molecular complexity index is 421. The number of benzene rings is 1. The molecule has 1 amide bonds. The van der Waals surface area contributed by atoms with Crippen molar-refractivity contribution in [3.63, 3.8) is 0 Å². The number of nitrogens with zero attached hydrogens (tertiary/aromatic N) is 1. The molecule has 1 fully saturated rings. The third-order valence-electron chi connectivity index (χ3n) is 3.02. The van der Waals surface area contributed by atoms with Gasteiger partial charge in [0.1, 0.15) is 6.61 Å². The minimum atomic E-state index is -0.215. The van der Waals surface area contributed by atoms with Gasteiger partial charge in [-0.05, 0) is 23.4 Å². The molecule has 18 heavy (non-hydrogen) atoms. The molecule has 1 aromatic carbocycles. The first-order chi connectivity index (χ1) is 8.79. The number of halogens is 1. The second-order valence-electron chi connectivity index (χ2n) is 4.29. The Kier molecular flexibility index (Phi) is 4.81. The Hall–Kier alpha value is -1.29. The molecule has 0 atom stereocenters. The van der Waals surface area contributed by atoms with Gasteiger partial charge in [0.05, 0.1) is 0 Å². The van der Waals surface area contributed by atoms with E-state index in [0.29, 0.717) is 6.61 Å². The van der Waals surface area contributed by atoms with Gasteiger partial charge < -0.3 is 9.64 Å². The largest absolute Gasteiger partial charge is 0.445 e. The van der Waals surface area contributed by atoms with Crippen LogP contribution < -0.4 is 0 Å². The lowest BCUT2D eigenvalue weighted by Crippen LogP contribution is -2.36. The normalized spacial score (nSPS) is 15.4. The predicted octanol–water partition coefficient (Wildman–Crippen LogP) is 3.70. The first-order valence-corrected chi connectivity index (χ1v) is 6.95. The van der Waals surface area contributed by atoms with Gasteiger partial charge >= 0.3 is 6.09 Å². The molecule has 1 heterocycles. The molecule has 3 nitrogen and oxygen atoms in total. The van der Waals surface area contributed by atoms with Crippen molar-refractivity contribution in [2.75, 3.05) is 13.1 Å². The number of hydrogen-bond acceptors (Lipinski definition) is 2. The van der Waals surface area contributed by atoms with Gasteiger partial charge in [-0.1, -0.05) is 51.8 Å². The Morgan fingerprint density at radius 2 is 1.94 bits per heavy atom. The van der Waals surface area contributed by atoms with Gasteiger partial charge in [0, 0.05) is 13.1 Å². The number of piperidine rings is 1. The van der Waals surface area contributed by atoms with Crippen molar-refractivity contribution in [1.29, 1.82) is 0 Å². The smallest absolute Gasteiger partial charge is 0.410 e. The Morgan fingerprint density at radius 3 is 2.56 bits per heavy atom. The van der Waals surface area contributed by atoms with Gasteiger partial charge in [-0.3, -0.25) is 0 Å². The van der Waals surface area contributed by atoms with E-state index in [4.69, 9.17) is 4.74 Å². The van der Waals surface area contributed by atoms with Crippen LogP contribution in [0.25, 0.3) is 0 Å². The van der Waals surface area contributed by atoms with E-state index < -0.39 is 0 Å². The molecule has 0 unspecified atom stereocenters. The Morgan fingerprint density at radius 1 is 1.28 bits per heavy atom. The van der Waals surface area contributed by atoms with Gasteiger partial charge in [0.25, 0.3) is 0 Å². The molecule has 1 aliphatic heterocycles. The maximum absolute atomic E-state index is 11.8. The zero-order valence-electron chi connectivity index (χ0n) is 10.1. The van der Waals surface area contributed by atoms with Crippen molar-refractivity contribution < 1.29 is 9.53 Å². The second kappa shape index (κ2) is 6.59. The number of carbonyl (C=O) groups is 1. The molecule has 1 aliphatic rings. The zero-order chi connectivity index (χ0) is 12.8. The fourth-order valence-corrected chi connectivity index (χ4v) is 2.35. The molecule has 0 radical (unpaired) electrons. The van der Waals surface area contributed by atoms with E-state index in [-0.39, 0.29) is 6.09 Å². The van der Waals surface area contributed by atoms with Crippen LogP contribution in [0.4, 0.5) is 4.79 Å². The van der Waals surface area contributed by atoms with Crippen molar-refractivity contribution in [2.24, 2.45) is 0 Å². The topological polar surface area (TPSA) is 29.5 Å². The summed E-state index contributed by atoms with van der Waals surface area (Å²) in [4.78, 5) is 15.6. The van der Waals surface area contributed by atoms with E-state index in [0.717, 1.165) is 31.5 Å². The summed E-state index contributed by atoms with van der Waals surface area (Å²) in [6.45, 7) is 1.83. The van der Waals surface area contributed by atoms with Crippen molar-refractivity contribution in [1.82, 2.24) is 4.90 Å². The van der Waals surface area contributed by atoms with Gasteiger partial charge in [-0.25, -0.2) is 4.79 Å². The highest BCUT2D eigenvalue weighted by molar-refractivity contribution is 9.11. The fraction of sp³-hybridized carbons (Fsp3) is 0.357. The summed E-state index contributed by atoms with van der Waals surface area (Å²) in [5, 5.41) is 0. The maximum atomic E-state index is 11.8. The van der Waals surface area contributed by atoms with E-state index in [9.17, 15) is 4.79 Å². The van der Waals surface area contributed by atoms with Gasteiger partial charge in [-0.2, -0.15) is 0 Å². The Balaban J connectivity index is 1.79. The average molecular weight is 310 g/mol. The maximum Gasteiger partial charge on any atom is 0.410 e. The quantitative estimate of drug-likeness (QED) is 0.833. The molecule has 0 aromatic heterocycles. The van der Waals surface area contributed by atoms with Gasteiger partial charge in [0.15, 0.2) is 0 Å². The first-order valence-electron chi connectivity index (χ1n) is 6.03. The molecular weight excluding hydrogens is 294 g/mol. The van der Waals surface area contributed by atoms with E-state index in [1.54, 1.807) is 4.90 Å². The monoisotopic (exact) mass is 309 g/mol. The molecule has 0 bridgehead atoms. The highest BCUT2D eigenvalue weighted by atomic mass is 79.9. The first kappa shape index (κ1) is 13.1. The molecule has 0 N–H and O–H groups in total. The van der Waals surface area contributed by atoms with E-state index in [1.807, 2.05) is 35.3 Å². The number of likely N-dealkylation sites (tertiary alicyclic amines) is 1. The molecule has 0 aliphatic carbocycles. The third-order valence-corrected chi connectivity index (χ3v) is 3.67. The minimum absolute atomic E-state index is 0.215. The summed E-state index contributed by atoms with van der Waals surface area (Å²) in [7, 11) is 0. The predicted molar refractivity (Wildman–Crippen MR) is 74.4 cm³/mol. The van der Waals surface area contributed by atoms with Crippen LogP contribution in [0.1, 0.15) is 18.4 Å². The lowest BCUT2D eigenvalue weighted by molar-refractivity contribution is 0.0936. The van der Waals surface area contributed by atoms with Crippen molar-refractivity contribution in [2.45, 2.75) is 19.4 Å². The van der Waals surface area contributed by atoms with Crippen LogP contribution >= 0.6 is 15.9 Å². The summed E-state index contributed by atoms with van der Waals surface area (Å²) in [5.41, 5.74) is 2.37. The number of ether oxygens (including phenoxy) is 1. The summed E-state index contributed by atoms with van der Waals surface area (Å²) in [6.07, 6.45) is 1.63. The van der Waals surface area contributed by atoms with Crippen LogP contribution in [0, 0.1) is 0 Å². The molecule has 1 saturated heterocycles. The van der Waals surface area contributed by atoms with Crippen LogP contribution in [0.5, 0.6) is 0 Å². The molecule has 0 spiro atoms. The number of carbonyl (C=O) groups excluding carboxylic acids is 1. The SMILES string of the molecule is O=C(OCc1ccccc1)N1CCC(=CBr)CC1. The van der Waals surface area contributed by atoms with Crippen molar-refractivity contribution >= 4 is 22.0 Å². The summed E-state index contributed by atoms with van der Waals surface area (Å²) in [6, 6.07) is 9.74. The highest BCUT2D eigenvalue weighted by Gasteiger charge is 2.19. The Labute approximate surface area is 116 Å². The van der Waals surface area contributed by atoms with Crippen molar-refractivity contribution in [3.8, 4) is 0 Å². The van der Waals surface area contributed by atoms with Crippen LogP contribution in [-0.4, -0.2) is 24.1 Å². The van der Waals surface area contributed by atoms with Gasteiger partial charge in [0.2, 0.25) is 0 Å². The lowest BCUT2D eigenvalue weighted by atomic mass is 10.1. The number of rotatable bonds is 2. The van der Waals surface area contributed by atoms with E-state index in [1.165, 1.54) is 5.57 Å². The zero-order valence-corrected chi connectivity index (χ0v) is 11.7. The fourth-order valence-electron chi connectivity index (χ4n) is 1.90. The number of amides is 1. The van der Waals surface area contributed by atoms with E-state index >= 15 is 0 Å². The van der Waals surface area contributed by atoms with E-state index in [2.05, 4.69) is 15.9 Å². The summed E-state index contributed by atoms with van der Waals surface area (Å²) < 4.78 is 5.29. The minimum Gasteiger partial charge on any atom is -0.445 e. The average Bonchev–Trinajstić information content (AvgIpc) is 2.46. The molecule has 4 heteroatoms. The molecule has 96 valence electrons. The third kappa shape index (κ3) is 3.60. The number of hydrogen-bond donors (Lipinski definition) is 0. The van der Waals surface area contributed by atoms with Gasteiger partial charge in [-0.15, -0.1) is 0 Å². The second-order valence-corrected chi connectivity index (χ2v) is 4.75. The van der Waals surface area contributed by atoms with Crippen LogP contribution in [0.15, 0.2) is 40.9 Å². The summed E-state index contributed by atoms with van der Waals surface area (Å²) in [5.74, 6) is 0. The van der Waals surface area contributed by atoms with Crippen LogP contribution in [0.2, 0.25) is 0 Å². The van der Waals surface area contributed by atoms with Crippen molar-refractivity contribution in [3.05, 3.63) is 46.5 Å². The highest BCUT2D eigenvalue weighted by Crippen LogP contribution is 2.18. The standard InChI is InChI=1S/C14H16BrNO2/c15-10-12-6-8-16(9-7-12)14(17)18-11-13-4-2-1-3-5-13/h1-5,10H,6-9,11H2. The molecule has 2 rings (SSSR count). The lowest BCUT2D eigenvalue weighted by Gasteiger charge is -2.27. The molecular formula is C14H16BrNO2. The van der Waals surface area contributed by atoms with Crippen LogP contribution in [-0.2, 0) is 11.3 Å². The molecule has 0 saturated carbocycles.